The standard InChI is InChI=1S/C27H24ClN5O2S/c1-17-8-7-9-19(14-17)33-26(20-10-3-4-11-21(20)28)30-31-27(33)36-16-25(35)32-18(2)15-24(34)29-22-12-5-6-13-23(22)32/h3-14,18H,15-16H2,1-2H3,(H,29,34)/t18-/m0/s1. The Bertz CT molecular complexity index is 1450. The van der Waals surface area contributed by atoms with E-state index in [4.69, 9.17) is 11.6 Å². The van der Waals surface area contributed by atoms with Crippen LogP contribution in [0.1, 0.15) is 18.9 Å². The molecule has 9 heteroatoms. The van der Waals surface area contributed by atoms with E-state index in [1.54, 1.807) is 4.90 Å². The van der Waals surface area contributed by atoms with Gasteiger partial charge in [0.05, 0.1) is 22.2 Å². The molecule has 1 aliphatic rings. The molecule has 36 heavy (non-hydrogen) atoms. The quantitative estimate of drug-likeness (QED) is 0.341. The Labute approximate surface area is 218 Å². The molecule has 0 aliphatic carbocycles. The largest absolute Gasteiger partial charge is 0.324 e. The van der Waals surface area contributed by atoms with Gasteiger partial charge in [0, 0.05) is 23.7 Å². The van der Waals surface area contributed by atoms with Gasteiger partial charge in [0.25, 0.3) is 0 Å². The molecule has 3 aromatic carbocycles. The molecule has 0 radical (unpaired) electrons. The lowest BCUT2D eigenvalue weighted by Crippen LogP contribution is -2.40. The Hall–Kier alpha value is -3.62. The summed E-state index contributed by atoms with van der Waals surface area (Å²) < 4.78 is 1.93. The number of halogens is 1. The fraction of sp³-hybridized carbons (Fsp3) is 0.185. The molecule has 1 aromatic heterocycles. The molecule has 0 saturated carbocycles. The Balaban J connectivity index is 1.49. The van der Waals surface area contributed by atoms with Crippen molar-refractivity contribution in [2.75, 3.05) is 16.0 Å². The lowest BCUT2D eigenvalue weighted by molar-refractivity contribution is -0.117. The molecular weight excluding hydrogens is 494 g/mol. The first-order valence-electron chi connectivity index (χ1n) is 11.5. The van der Waals surface area contributed by atoms with Crippen LogP contribution in [0.25, 0.3) is 17.1 Å². The number of amides is 2. The first-order chi connectivity index (χ1) is 17.4. The number of fused-ring (bicyclic) bond motifs is 1. The van der Waals surface area contributed by atoms with Gasteiger partial charge in [-0.2, -0.15) is 0 Å². The summed E-state index contributed by atoms with van der Waals surface area (Å²) in [5, 5.41) is 12.9. The van der Waals surface area contributed by atoms with Gasteiger partial charge >= 0.3 is 0 Å². The molecule has 2 amide bonds. The highest BCUT2D eigenvalue weighted by Gasteiger charge is 2.30. The number of nitrogens with one attached hydrogen (secondary N) is 1. The average Bonchev–Trinajstić information content (AvgIpc) is 3.22. The minimum atomic E-state index is -0.282. The van der Waals surface area contributed by atoms with E-state index in [-0.39, 0.29) is 30.0 Å². The van der Waals surface area contributed by atoms with Crippen molar-refractivity contribution in [3.05, 3.63) is 83.4 Å². The van der Waals surface area contributed by atoms with Crippen molar-refractivity contribution in [3.8, 4) is 17.1 Å². The van der Waals surface area contributed by atoms with E-state index in [1.807, 2.05) is 91.2 Å². The highest BCUT2D eigenvalue weighted by Crippen LogP contribution is 2.34. The minimum Gasteiger partial charge on any atom is -0.324 e. The monoisotopic (exact) mass is 517 g/mol. The summed E-state index contributed by atoms with van der Waals surface area (Å²) in [5.74, 6) is 0.500. The van der Waals surface area contributed by atoms with Crippen molar-refractivity contribution in [1.29, 1.82) is 0 Å². The van der Waals surface area contributed by atoms with Crippen LogP contribution in [0.5, 0.6) is 0 Å². The van der Waals surface area contributed by atoms with Crippen molar-refractivity contribution in [2.24, 2.45) is 0 Å². The van der Waals surface area contributed by atoms with Crippen molar-refractivity contribution >= 4 is 46.6 Å². The molecule has 7 nitrogen and oxygen atoms in total. The highest BCUT2D eigenvalue weighted by molar-refractivity contribution is 7.99. The first kappa shape index (κ1) is 24.1. The fourth-order valence-electron chi connectivity index (χ4n) is 4.34. The number of hydrogen-bond acceptors (Lipinski definition) is 5. The smallest absolute Gasteiger partial charge is 0.237 e. The van der Waals surface area contributed by atoms with Gasteiger partial charge in [0.2, 0.25) is 11.8 Å². The third kappa shape index (κ3) is 4.74. The Kier molecular flexibility index (Phi) is 6.80. The number of aromatic nitrogens is 3. The van der Waals surface area contributed by atoms with E-state index in [9.17, 15) is 9.59 Å². The number of carbonyl (C=O) groups is 2. The maximum Gasteiger partial charge on any atom is 0.237 e. The second-order valence-electron chi connectivity index (χ2n) is 8.63. The number of nitrogens with zero attached hydrogens (tertiary/aromatic N) is 4. The zero-order valence-electron chi connectivity index (χ0n) is 19.8. The Morgan fingerprint density at radius 2 is 1.86 bits per heavy atom. The number of carbonyl (C=O) groups excluding carboxylic acids is 2. The van der Waals surface area contributed by atoms with Crippen molar-refractivity contribution in [2.45, 2.75) is 31.5 Å². The SMILES string of the molecule is Cc1cccc(-n2c(SCC(=O)N3c4ccccc4NC(=O)C[C@@H]3C)nnc2-c2ccccc2Cl)c1. The third-order valence-corrected chi connectivity index (χ3v) is 7.20. The van der Waals surface area contributed by atoms with Crippen LogP contribution in [-0.4, -0.2) is 38.4 Å². The summed E-state index contributed by atoms with van der Waals surface area (Å²) >= 11 is 7.80. The highest BCUT2D eigenvalue weighted by atomic mass is 35.5. The molecule has 182 valence electrons. The molecule has 0 bridgehead atoms. The van der Waals surface area contributed by atoms with Gasteiger partial charge in [-0.3, -0.25) is 14.2 Å². The third-order valence-electron chi connectivity index (χ3n) is 5.96. The lowest BCUT2D eigenvalue weighted by Gasteiger charge is -2.27. The summed E-state index contributed by atoms with van der Waals surface area (Å²) in [4.78, 5) is 27.5. The molecule has 0 saturated heterocycles. The average molecular weight is 518 g/mol. The molecule has 0 unspecified atom stereocenters. The van der Waals surface area contributed by atoms with Crippen molar-refractivity contribution in [3.63, 3.8) is 0 Å². The lowest BCUT2D eigenvalue weighted by atomic mass is 10.2. The Morgan fingerprint density at radius 1 is 1.08 bits per heavy atom. The number of hydrogen-bond donors (Lipinski definition) is 1. The van der Waals surface area contributed by atoms with Gasteiger partial charge in [-0.25, -0.2) is 0 Å². The number of anilines is 2. The molecular formula is C27H24ClN5O2S. The predicted molar refractivity (Wildman–Crippen MR) is 144 cm³/mol. The number of para-hydroxylation sites is 2. The van der Waals surface area contributed by atoms with E-state index < -0.39 is 0 Å². The second kappa shape index (κ2) is 10.2. The van der Waals surface area contributed by atoms with Gasteiger partial charge in [0.1, 0.15) is 0 Å². The molecule has 2 heterocycles. The van der Waals surface area contributed by atoms with Crippen LogP contribution in [0.2, 0.25) is 5.02 Å². The summed E-state index contributed by atoms with van der Waals surface area (Å²) in [5.41, 5.74) is 4.05. The number of benzene rings is 3. The van der Waals surface area contributed by atoms with Crippen molar-refractivity contribution in [1.82, 2.24) is 14.8 Å². The van der Waals surface area contributed by atoms with Crippen LogP contribution in [0.4, 0.5) is 11.4 Å². The van der Waals surface area contributed by atoms with E-state index in [2.05, 4.69) is 15.5 Å². The first-order valence-corrected chi connectivity index (χ1v) is 12.9. The van der Waals surface area contributed by atoms with Gasteiger partial charge < -0.3 is 10.2 Å². The minimum absolute atomic E-state index is 0.110. The maximum absolute atomic E-state index is 13.5. The predicted octanol–water partition coefficient (Wildman–Crippen LogP) is 5.75. The van der Waals surface area contributed by atoms with Gasteiger partial charge in [0.15, 0.2) is 11.0 Å². The van der Waals surface area contributed by atoms with Crippen LogP contribution in [0.15, 0.2) is 78.0 Å². The van der Waals surface area contributed by atoms with Gasteiger partial charge in [-0.1, -0.05) is 59.8 Å². The van der Waals surface area contributed by atoms with Crippen LogP contribution in [0, 0.1) is 6.92 Å². The maximum atomic E-state index is 13.5. The number of thioether (sulfide) groups is 1. The Morgan fingerprint density at radius 3 is 2.67 bits per heavy atom. The number of aryl methyl sites for hydroxylation is 1. The van der Waals surface area contributed by atoms with Crippen LogP contribution >= 0.6 is 23.4 Å². The van der Waals surface area contributed by atoms with Gasteiger partial charge in [-0.15, -0.1) is 10.2 Å². The van der Waals surface area contributed by atoms with E-state index >= 15 is 0 Å². The molecule has 5 rings (SSSR count). The molecule has 0 spiro atoms. The van der Waals surface area contributed by atoms with E-state index in [0.29, 0.717) is 27.4 Å². The van der Waals surface area contributed by atoms with Crippen molar-refractivity contribution < 1.29 is 9.59 Å². The van der Waals surface area contributed by atoms with Crippen LogP contribution in [-0.2, 0) is 9.59 Å². The molecule has 0 fully saturated rings. The topological polar surface area (TPSA) is 80.1 Å². The fourth-order valence-corrected chi connectivity index (χ4v) is 5.38. The summed E-state index contributed by atoms with van der Waals surface area (Å²) in [6.07, 6.45) is 0.223. The summed E-state index contributed by atoms with van der Waals surface area (Å²) in [6, 6.07) is 22.6. The van der Waals surface area contributed by atoms with Gasteiger partial charge in [-0.05, 0) is 55.8 Å². The number of rotatable bonds is 5. The summed E-state index contributed by atoms with van der Waals surface area (Å²) in [6.45, 7) is 3.90. The normalized spacial score (nSPS) is 15.2. The summed E-state index contributed by atoms with van der Waals surface area (Å²) in [7, 11) is 0. The van der Waals surface area contributed by atoms with E-state index in [0.717, 1.165) is 16.8 Å². The van der Waals surface area contributed by atoms with Crippen LogP contribution in [0.3, 0.4) is 0 Å². The zero-order chi connectivity index (χ0) is 25.2. The molecule has 1 atom stereocenters. The van der Waals surface area contributed by atoms with Crippen LogP contribution < -0.4 is 10.2 Å². The molecule has 1 N–H and O–H groups in total. The molecule has 4 aromatic rings. The van der Waals surface area contributed by atoms with E-state index in [1.165, 1.54) is 11.8 Å². The molecule has 1 aliphatic heterocycles. The second-order valence-corrected chi connectivity index (χ2v) is 9.98. The zero-order valence-corrected chi connectivity index (χ0v) is 21.4.